The topological polar surface area (TPSA) is 3.24 Å². The number of allylic oxidation sites excluding steroid dienone is 2. The summed E-state index contributed by atoms with van der Waals surface area (Å²) < 4.78 is 0. The molecule has 1 heterocycles. The number of anilines is 1. The maximum absolute atomic E-state index is 2.46. The van der Waals surface area contributed by atoms with E-state index in [1.165, 1.54) is 66.9 Å². The van der Waals surface area contributed by atoms with Gasteiger partial charge in [-0.1, -0.05) is 54.1 Å². The lowest BCUT2D eigenvalue weighted by molar-refractivity contribution is 1.05. The number of nitrogens with zero attached hydrogens (tertiary/aromatic N) is 1. The van der Waals surface area contributed by atoms with E-state index in [9.17, 15) is 0 Å². The Kier molecular flexibility index (Phi) is 5.62. The van der Waals surface area contributed by atoms with Gasteiger partial charge in [-0.15, -0.1) is 0 Å². The lowest BCUT2D eigenvalue weighted by atomic mass is 9.88. The first-order valence-corrected chi connectivity index (χ1v) is 11.2. The van der Waals surface area contributed by atoms with Gasteiger partial charge >= 0.3 is 0 Å². The van der Waals surface area contributed by atoms with Crippen LogP contribution in [-0.4, -0.2) is 6.54 Å². The van der Waals surface area contributed by atoms with Crippen molar-refractivity contribution in [2.75, 3.05) is 11.4 Å². The molecule has 0 bridgehead atoms. The molecule has 1 heteroatoms. The molecule has 0 aromatic heterocycles. The second-order valence-electron chi connectivity index (χ2n) is 9.16. The van der Waals surface area contributed by atoms with Crippen molar-refractivity contribution in [1.82, 2.24) is 0 Å². The highest BCUT2D eigenvalue weighted by molar-refractivity contribution is 5.92. The van der Waals surface area contributed by atoms with E-state index < -0.39 is 0 Å². The van der Waals surface area contributed by atoms with Crippen LogP contribution in [0.5, 0.6) is 0 Å². The van der Waals surface area contributed by atoms with E-state index in [2.05, 4.69) is 114 Å². The van der Waals surface area contributed by atoms with Crippen molar-refractivity contribution in [3.05, 3.63) is 111 Å². The summed E-state index contributed by atoms with van der Waals surface area (Å²) in [5, 5.41) is 0. The Morgan fingerprint density at radius 1 is 0.613 bits per heavy atom. The van der Waals surface area contributed by atoms with Gasteiger partial charge in [-0.25, -0.2) is 0 Å². The Morgan fingerprint density at radius 2 is 1.10 bits per heavy atom. The minimum Gasteiger partial charge on any atom is -0.342 e. The molecule has 158 valence electrons. The van der Waals surface area contributed by atoms with E-state index in [0.717, 1.165) is 6.54 Å². The van der Waals surface area contributed by atoms with Gasteiger partial charge in [-0.3, -0.25) is 0 Å². The highest BCUT2D eigenvalue weighted by Crippen LogP contribution is 2.37. The fourth-order valence-corrected chi connectivity index (χ4v) is 5.32. The Morgan fingerprint density at radius 3 is 1.61 bits per heavy atom. The molecule has 0 saturated carbocycles. The van der Waals surface area contributed by atoms with Crippen LogP contribution in [0.25, 0.3) is 11.1 Å². The third-order valence-corrected chi connectivity index (χ3v) is 6.46. The molecular formula is C30H33N. The molecule has 0 atom stereocenters. The molecule has 0 aliphatic carbocycles. The maximum atomic E-state index is 2.46. The molecule has 3 aromatic carbocycles. The zero-order valence-electron chi connectivity index (χ0n) is 19.9. The van der Waals surface area contributed by atoms with Crippen LogP contribution in [0.4, 0.5) is 5.69 Å². The highest BCUT2D eigenvalue weighted by atomic mass is 15.1. The molecule has 0 radical (unpaired) electrons. The summed E-state index contributed by atoms with van der Waals surface area (Å²) in [4.78, 5) is 2.46. The van der Waals surface area contributed by atoms with E-state index in [0.29, 0.717) is 0 Å². The zero-order chi connectivity index (χ0) is 22.3. The third-order valence-electron chi connectivity index (χ3n) is 6.46. The van der Waals surface area contributed by atoms with Crippen molar-refractivity contribution in [2.45, 2.75) is 48.5 Å². The second-order valence-corrected chi connectivity index (χ2v) is 9.16. The Balaban J connectivity index is 1.95. The van der Waals surface area contributed by atoms with E-state index in [1.54, 1.807) is 0 Å². The average molecular weight is 408 g/mol. The number of aryl methyl sites for hydroxylation is 7. The summed E-state index contributed by atoms with van der Waals surface area (Å²) in [6.45, 7) is 16.4. The Bertz CT molecular complexity index is 1160. The van der Waals surface area contributed by atoms with Crippen molar-refractivity contribution in [3.63, 3.8) is 0 Å². The van der Waals surface area contributed by atoms with Gasteiger partial charge in [0.1, 0.15) is 0 Å². The van der Waals surface area contributed by atoms with Gasteiger partial charge in [0, 0.05) is 18.4 Å². The van der Waals surface area contributed by atoms with Gasteiger partial charge in [-0.2, -0.15) is 0 Å². The highest BCUT2D eigenvalue weighted by Gasteiger charge is 2.22. The summed E-state index contributed by atoms with van der Waals surface area (Å²) in [5.41, 5.74) is 16.0. The Hall–Kier alpha value is -3.06. The van der Waals surface area contributed by atoms with Crippen molar-refractivity contribution in [1.29, 1.82) is 0 Å². The van der Waals surface area contributed by atoms with Crippen LogP contribution in [0.2, 0.25) is 0 Å². The molecule has 31 heavy (non-hydrogen) atoms. The average Bonchev–Trinajstić information content (AvgIpc) is 2.67. The molecule has 3 aromatic rings. The van der Waals surface area contributed by atoms with Gasteiger partial charge < -0.3 is 4.90 Å². The summed E-state index contributed by atoms with van der Waals surface area (Å²) in [6.07, 6.45) is 4.77. The normalized spacial score (nSPS) is 13.8. The fourth-order valence-electron chi connectivity index (χ4n) is 5.32. The van der Waals surface area contributed by atoms with E-state index in [4.69, 9.17) is 0 Å². The number of benzene rings is 3. The van der Waals surface area contributed by atoms with Crippen LogP contribution in [0, 0.1) is 48.5 Å². The smallest absolute Gasteiger partial charge is 0.0482 e. The molecule has 0 amide bonds. The van der Waals surface area contributed by atoms with Gasteiger partial charge in [0.15, 0.2) is 0 Å². The van der Waals surface area contributed by atoms with Crippen molar-refractivity contribution < 1.29 is 0 Å². The van der Waals surface area contributed by atoms with Crippen LogP contribution >= 0.6 is 0 Å². The minimum absolute atomic E-state index is 0.880. The van der Waals surface area contributed by atoms with Crippen molar-refractivity contribution >= 4 is 16.8 Å². The predicted molar refractivity (Wildman–Crippen MR) is 136 cm³/mol. The second kappa shape index (κ2) is 8.23. The zero-order valence-corrected chi connectivity index (χ0v) is 19.9. The van der Waals surface area contributed by atoms with Crippen LogP contribution in [-0.2, 0) is 0 Å². The number of hydrogen-bond donors (Lipinski definition) is 0. The monoisotopic (exact) mass is 407 g/mol. The molecule has 1 nitrogen and oxygen atoms in total. The molecule has 0 N–H and O–H groups in total. The van der Waals surface area contributed by atoms with Gasteiger partial charge in [0.2, 0.25) is 0 Å². The third kappa shape index (κ3) is 3.97. The van der Waals surface area contributed by atoms with Gasteiger partial charge in [-0.05, 0) is 110 Å². The maximum Gasteiger partial charge on any atom is 0.0482 e. The van der Waals surface area contributed by atoms with E-state index in [1.807, 2.05) is 0 Å². The SMILES string of the molecule is Cc1cc(C)c(N2C=C(c3c(C)cccc3C)C=C(c3c(C)cccc3C)C2)c(C)c1. The summed E-state index contributed by atoms with van der Waals surface area (Å²) in [7, 11) is 0. The minimum atomic E-state index is 0.880. The fraction of sp³-hybridized carbons (Fsp3) is 0.267. The summed E-state index contributed by atoms with van der Waals surface area (Å²) in [6, 6.07) is 17.8. The molecule has 0 unspecified atom stereocenters. The van der Waals surface area contributed by atoms with Crippen LogP contribution in [0.3, 0.4) is 0 Å². The lowest BCUT2D eigenvalue weighted by Crippen LogP contribution is -2.24. The molecule has 0 fully saturated rings. The lowest BCUT2D eigenvalue weighted by Gasteiger charge is -2.32. The first-order valence-electron chi connectivity index (χ1n) is 11.2. The van der Waals surface area contributed by atoms with Gasteiger partial charge in [0.05, 0.1) is 0 Å². The largest absolute Gasteiger partial charge is 0.342 e. The molecule has 1 aliphatic heterocycles. The standard InChI is InChI=1S/C30H33N/c1-19-14-24(6)30(25(7)15-19)31-17-26(28-20(2)10-8-11-21(28)3)16-27(18-31)29-22(4)12-9-13-23(29)5/h8-17H,18H2,1-7H3. The molecule has 4 rings (SSSR count). The first kappa shape index (κ1) is 21.2. The Labute approximate surface area is 187 Å². The molecule has 0 spiro atoms. The van der Waals surface area contributed by atoms with E-state index in [-0.39, 0.29) is 0 Å². The van der Waals surface area contributed by atoms with Crippen LogP contribution < -0.4 is 4.90 Å². The van der Waals surface area contributed by atoms with Crippen LogP contribution in [0.15, 0.2) is 60.8 Å². The molecule has 1 aliphatic rings. The number of rotatable bonds is 3. The molecular weight excluding hydrogens is 374 g/mol. The summed E-state index contributed by atoms with van der Waals surface area (Å²) in [5.74, 6) is 0. The van der Waals surface area contributed by atoms with Gasteiger partial charge in [0.25, 0.3) is 0 Å². The van der Waals surface area contributed by atoms with Crippen LogP contribution in [0.1, 0.15) is 50.1 Å². The first-order chi connectivity index (χ1) is 14.8. The van der Waals surface area contributed by atoms with E-state index >= 15 is 0 Å². The van der Waals surface area contributed by atoms with Crippen molar-refractivity contribution in [2.24, 2.45) is 0 Å². The van der Waals surface area contributed by atoms with Crippen molar-refractivity contribution in [3.8, 4) is 0 Å². The molecule has 0 saturated heterocycles. The number of hydrogen-bond acceptors (Lipinski definition) is 1. The quantitative estimate of drug-likeness (QED) is 0.428. The summed E-state index contributed by atoms with van der Waals surface area (Å²) >= 11 is 0. The predicted octanol–water partition coefficient (Wildman–Crippen LogP) is 7.79.